The van der Waals surface area contributed by atoms with Crippen molar-refractivity contribution in [1.29, 1.82) is 0 Å². The maximum atomic E-state index is 13.0. The van der Waals surface area contributed by atoms with Crippen LogP contribution in [0.3, 0.4) is 0 Å². The summed E-state index contributed by atoms with van der Waals surface area (Å²) in [4.78, 5) is 25.5. The summed E-state index contributed by atoms with van der Waals surface area (Å²) in [6, 6.07) is 16.7. The monoisotopic (exact) mass is 529 g/mol. The first kappa shape index (κ1) is 26.9. The van der Waals surface area contributed by atoms with Gasteiger partial charge in [0.15, 0.2) is 0 Å². The van der Waals surface area contributed by atoms with Gasteiger partial charge in [0.2, 0.25) is 5.91 Å². The number of rotatable bonds is 9. The fraction of sp³-hybridized carbons (Fsp3) is 0.636. The Morgan fingerprint density at radius 2 is 1.69 bits per heavy atom. The number of pyridine rings is 1. The molecule has 39 heavy (non-hydrogen) atoms. The number of likely N-dealkylation sites (tertiary alicyclic amines) is 2. The lowest BCUT2D eigenvalue weighted by Crippen LogP contribution is -2.64. The molecule has 0 aliphatic carbocycles. The van der Waals surface area contributed by atoms with E-state index in [-0.39, 0.29) is 5.91 Å². The number of amides is 1. The summed E-state index contributed by atoms with van der Waals surface area (Å²) in [5.41, 5.74) is 2.70. The zero-order valence-electron chi connectivity index (χ0n) is 23.6. The van der Waals surface area contributed by atoms with Gasteiger partial charge in [-0.1, -0.05) is 36.4 Å². The topological polar surface area (TPSA) is 51.7 Å². The molecule has 1 aromatic carbocycles. The molecule has 4 aliphatic rings. The molecule has 6 heteroatoms. The molecule has 1 aromatic heterocycles. The summed E-state index contributed by atoms with van der Waals surface area (Å²) >= 11 is 0. The molecule has 0 bridgehead atoms. The van der Waals surface area contributed by atoms with Crippen molar-refractivity contribution in [2.24, 2.45) is 11.8 Å². The summed E-state index contributed by atoms with van der Waals surface area (Å²) in [6.45, 7) is 7.91. The van der Waals surface area contributed by atoms with Crippen molar-refractivity contribution in [1.82, 2.24) is 25.0 Å². The van der Waals surface area contributed by atoms with Gasteiger partial charge >= 0.3 is 0 Å². The molecule has 4 aliphatic heterocycles. The van der Waals surface area contributed by atoms with Gasteiger partial charge in [0.1, 0.15) is 0 Å². The Morgan fingerprint density at radius 3 is 2.49 bits per heavy atom. The van der Waals surface area contributed by atoms with Gasteiger partial charge in [-0.05, 0) is 93.5 Å². The van der Waals surface area contributed by atoms with Gasteiger partial charge in [0.25, 0.3) is 0 Å². The SMILES string of the molecule is O=C(CCC[C@@H]1[C@H]2CCCN3CCC[C@@H](CN1Cc1cccnc1)[C@@H]23)NC1CCN(Cc2ccccc2)CC1. The van der Waals surface area contributed by atoms with E-state index >= 15 is 0 Å². The van der Waals surface area contributed by atoms with Crippen molar-refractivity contribution in [3.63, 3.8) is 0 Å². The van der Waals surface area contributed by atoms with Gasteiger partial charge in [-0.2, -0.15) is 0 Å². The molecule has 1 N–H and O–H groups in total. The number of hydrogen-bond donors (Lipinski definition) is 1. The van der Waals surface area contributed by atoms with Crippen molar-refractivity contribution in [3.8, 4) is 0 Å². The first-order chi connectivity index (χ1) is 19.2. The number of piperidine rings is 4. The second kappa shape index (κ2) is 12.9. The van der Waals surface area contributed by atoms with E-state index in [0.29, 0.717) is 18.5 Å². The molecule has 1 amide bonds. The van der Waals surface area contributed by atoms with Crippen LogP contribution in [-0.2, 0) is 17.9 Å². The predicted molar refractivity (Wildman–Crippen MR) is 156 cm³/mol. The summed E-state index contributed by atoms with van der Waals surface area (Å²) in [5.74, 6) is 1.80. The Labute approximate surface area is 235 Å². The van der Waals surface area contributed by atoms with Crippen molar-refractivity contribution < 1.29 is 4.79 Å². The lowest BCUT2D eigenvalue weighted by molar-refractivity contribution is -0.122. The van der Waals surface area contributed by atoms with E-state index in [2.05, 4.69) is 67.5 Å². The van der Waals surface area contributed by atoms with Gasteiger partial charge < -0.3 is 5.32 Å². The molecular weight excluding hydrogens is 482 g/mol. The van der Waals surface area contributed by atoms with Crippen LogP contribution in [-0.4, -0.2) is 76.4 Å². The molecule has 4 fully saturated rings. The number of aromatic nitrogens is 1. The number of benzene rings is 1. The van der Waals surface area contributed by atoms with Gasteiger partial charge in [-0.15, -0.1) is 0 Å². The van der Waals surface area contributed by atoms with E-state index in [1.54, 1.807) is 0 Å². The molecule has 5 heterocycles. The van der Waals surface area contributed by atoms with E-state index in [1.165, 1.54) is 56.4 Å². The highest BCUT2D eigenvalue weighted by Crippen LogP contribution is 2.43. The number of carbonyl (C=O) groups is 1. The van der Waals surface area contributed by atoms with Crippen molar-refractivity contribution in [2.45, 2.75) is 89.0 Å². The quantitative estimate of drug-likeness (QED) is 0.510. The van der Waals surface area contributed by atoms with Crippen LogP contribution in [0.25, 0.3) is 0 Å². The summed E-state index contributed by atoms with van der Waals surface area (Å²) in [7, 11) is 0. The van der Waals surface area contributed by atoms with Crippen molar-refractivity contribution >= 4 is 5.91 Å². The van der Waals surface area contributed by atoms with E-state index in [0.717, 1.165) is 69.7 Å². The van der Waals surface area contributed by atoms with Crippen LogP contribution in [0.4, 0.5) is 0 Å². The smallest absolute Gasteiger partial charge is 0.220 e. The van der Waals surface area contributed by atoms with E-state index in [4.69, 9.17) is 0 Å². The number of nitrogens with zero attached hydrogens (tertiary/aromatic N) is 4. The van der Waals surface area contributed by atoms with Crippen LogP contribution in [0, 0.1) is 11.8 Å². The average Bonchev–Trinajstić information content (AvgIpc) is 2.97. The molecular formula is C33H47N5O. The standard InChI is InChI=1S/C33H47N5O/c39-32(35-29-15-20-36(21-16-29)23-26-8-2-1-3-9-26)14-4-13-31-30-12-7-19-37-18-6-11-28(33(30)37)25-38(31)24-27-10-5-17-34-22-27/h1-3,5,8-10,17,22,28-31,33H,4,6-7,11-16,18-21,23-25H2,(H,35,39)/t28-,30+,31+,33-/m0/s1. The third-order valence-corrected chi connectivity index (χ3v) is 9.99. The van der Waals surface area contributed by atoms with Crippen LogP contribution < -0.4 is 5.32 Å². The van der Waals surface area contributed by atoms with Crippen LogP contribution in [0.1, 0.15) is 68.9 Å². The van der Waals surface area contributed by atoms with Crippen molar-refractivity contribution in [2.75, 3.05) is 32.7 Å². The van der Waals surface area contributed by atoms with E-state index in [9.17, 15) is 4.79 Å². The van der Waals surface area contributed by atoms with Gasteiger partial charge in [-0.3, -0.25) is 24.5 Å². The van der Waals surface area contributed by atoms with Crippen LogP contribution in [0.15, 0.2) is 54.9 Å². The molecule has 6 rings (SSSR count). The van der Waals surface area contributed by atoms with Gasteiger partial charge in [0, 0.05) is 69.7 Å². The maximum Gasteiger partial charge on any atom is 0.220 e. The number of nitrogens with one attached hydrogen (secondary N) is 1. The highest BCUT2D eigenvalue weighted by Gasteiger charge is 2.48. The molecule has 4 atom stereocenters. The maximum absolute atomic E-state index is 13.0. The molecule has 0 spiro atoms. The Hall–Kier alpha value is -2.28. The lowest BCUT2D eigenvalue weighted by atomic mass is 9.69. The van der Waals surface area contributed by atoms with Gasteiger partial charge in [-0.25, -0.2) is 0 Å². The molecule has 0 radical (unpaired) electrons. The fourth-order valence-corrected chi connectivity index (χ4v) is 8.24. The summed E-state index contributed by atoms with van der Waals surface area (Å²) in [5, 5.41) is 3.39. The number of carbonyl (C=O) groups excluding carboxylic acids is 1. The lowest BCUT2D eigenvalue weighted by Gasteiger charge is -2.57. The zero-order valence-corrected chi connectivity index (χ0v) is 23.6. The van der Waals surface area contributed by atoms with E-state index < -0.39 is 0 Å². The highest BCUT2D eigenvalue weighted by molar-refractivity contribution is 5.76. The molecule has 2 aromatic rings. The Kier molecular flexibility index (Phi) is 8.92. The highest BCUT2D eigenvalue weighted by atomic mass is 16.1. The molecule has 0 unspecified atom stereocenters. The summed E-state index contributed by atoms with van der Waals surface area (Å²) in [6.07, 6.45) is 14.2. The predicted octanol–water partition coefficient (Wildman–Crippen LogP) is 4.71. The molecule has 210 valence electrons. The minimum absolute atomic E-state index is 0.256. The molecule has 4 saturated heterocycles. The van der Waals surface area contributed by atoms with Gasteiger partial charge in [0.05, 0.1) is 0 Å². The first-order valence-electron chi connectivity index (χ1n) is 15.7. The Morgan fingerprint density at radius 1 is 0.897 bits per heavy atom. The third-order valence-electron chi connectivity index (χ3n) is 9.99. The second-order valence-electron chi connectivity index (χ2n) is 12.6. The number of hydrogen-bond acceptors (Lipinski definition) is 5. The van der Waals surface area contributed by atoms with E-state index in [1.807, 2.05) is 12.4 Å². The van der Waals surface area contributed by atoms with Crippen LogP contribution in [0.5, 0.6) is 0 Å². The Balaban J connectivity index is 1.01. The normalized spacial score (nSPS) is 28.6. The van der Waals surface area contributed by atoms with Crippen LogP contribution >= 0.6 is 0 Å². The second-order valence-corrected chi connectivity index (χ2v) is 12.6. The minimum atomic E-state index is 0.256. The first-order valence-corrected chi connectivity index (χ1v) is 15.7. The Bertz CT molecular complexity index is 1040. The zero-order chi connectivity index (χ0) is 26.4. The van der Waals surface area contributed by atoms with Crippen LogP contribution in [0.2, 0.25) is 0 Å². The average molecular weight is 530 g/mol. The van der Waals surface area contributed by atoms with Crippen molar-refractivity contribution in [3.05, 3.63) is 66.0 Å². The molecule has 0 saturated carbocycles. The molecule has 6 nitrogen and oxygen atoms in total. The minimum Gasteiger partial charge on any atom is -0.353 e. The summed E-state index contributed by atoms with van der Waals surface area (Å²) < 4.78 is 0. The largest absolute Gasteiger partial charge is 0.353 e. The fourth-order valence-electron chi connectivity index (χ4n) is 8.24. The third kappa shape index (κ3) is 6.72.